The number of nitrogens with one attached hydrogen (secondary N) is 1. The average molecular weight is 366 g/mol. The van der Waals surface area contributed by atoms with Crippen molar-refractivity contribution in [3.05, 3.63) is 35.0 Å². The van der Waals surface area contributed by atoms with Crippen LogP contribution in [0.25, 0.3) is 10.9 Å². The van der Waals surface area contributed by atoms with E-state index in [1.165, 1.54) is 0 Å². The van der Waals surface area contributed by atoms with Gasteiger partial charge in [0.15, 0.2) is 0 Å². The van der Waals surface area contributed by atoms with Gasteiger partial charge in [0, 0.05) is 30.0 Å². The van der Waals surface area contributed by atoms with Gasteiger partial charge in [-0.1, -0.05) is 33.7 Å². The van der Waals surface area contributed by atoms with Gasteiger partial charge in [-0.3, -0.25) is 4.79 Å². The van der Waals surface area contributed by atoms with Gasteiger partial charge < -0.3 is 16.2 Å². The summed E-state index contributed by atoms with van der Waals surface area (Å²) in [6, 6.07) is 5.45. The molecule has 0 unspecified atom stereocenters. The molecule has 0 spiro atoms. The first-order valence-corrected chi connectivity index (χ1v) is 10.4. The molecule has 0 saturated heterocycles. The molecule has 0 aliphatic rings. The molecule has 0 aliphatic heterocycles. The number of phenols is 1. The first-order chi connectivity index (χ1) is 11.5. The second-order valence-corrected chi connectivity index (χ2v) is 8.20. The van der Waals surface area contributed by atoms with Gasteiger partial charge in [0.1, 0.15) is 17.0 Å². The number of hydrogen-bond donors (Lipinski definition) is 3. The minimum Gasteiger partial charge on any atom is -0.505 e. The van der Waals surface area contributed by atoms with Gasteiger partial charge >= 0.3 is 0 Å². The van der Waals surface area contributed by atoms with Crippen LogP contribution in [0.1, 0.15) is 28.0 Å². The van der Waals surface area contributed by atoms with Gasteiger partial charge in [0.05, 0.1) is 0 Å². The minimum absolute atomic E-state index is 0.138. The standard InChI is InChI=1S/C17H23N3O2S2/c1-11-10-12(2)16(21)15-13(11)4-5-14(20-15)17(22)19-7-3-8-23-24-9-6-18/h4-5,10,21H,3,6-9,18H2,1-2H3,(H,19,22). The quantitative estimate of drug-likeness (QED) is 0.492. The number of phenolic OH excluding ortho intramolecular Hbond substituents is 1. The number of aryl methyl sites for hydroxylation is 2. The highest BCUT2D eigenvalue weighted by molar-refractivity contribution is 8.76. The van der Waals surface area contributed by atoms with Crippen molar-refractivity contribution in [3.63, 3.8) is 0 Å². The van der Waals surface area contributed by atoms with Gasteiger partial charge in [-0.05, 0) is 37.5 Å². The van der Waals surface area contributed by atoms with E-state index in [1.54, 1.807) is 27.7 Å². The minimum atomic E-state index is -0.213. The zero-order valence-corrected chi connectivity index (χ0v) is 15.6. The topological polar surface area (TPSA) is 88.2 Å². The van der Waals surface area contributed by atoms with Gasteiger partial charge in [0.25, 0.3) is 5.91 Å². The van der Waals surface area contributed by atoms with Crippen LogP contribution in [0.5, 0.6) is 5.75 Å². The van der Waals surface area contributed by atoms with E-state index in [9.17, 15) is 9.90 Å². The van der Waals surface area contributed by atoms with Crippen LogP contribution in [0.3, 0.4) is 0 Å². The van der Waals surface area contributed by atoms with E-state index in [2.05, 4.69) is 10.3 Å². The van der Waals surface area contributed by atoms with Crippen molar-refractivity contribution in [1.82, 2.24) is 10.3 Å². The third-order valence-corrected chi connectivity index (χ3v) is 6.08. The fourth-order valence-corrected chi connectivity index (χ4v) is 4.27. The molecule has 7 heteroatoms. The predicted octanol–water partition coefficient (Wildman–Crippen LogP) is 3.02. The van der Waals surface area contributed by atoms with Crippen molar-refractivity contribution < 1.29 is 9.90 Å². The van der Waals surface area contributed by atoms with Crippen LogP contribution >= 0.6 is 21.6 Å². The molecule has 0 fully saturated rings. The SMILES string of the molecule is Cc1cc(C)c2ccc(C(=O)NCCCSSCCN)nc2c1O. The van der Waals surface area contributed by atoms with Gasteiger partial charge in [-0.15, -0.1) is 0 Å². The van der Waals surface area contributed by atoms with Gasteiger partial charge in [0.2, 0.25) is 0 Å². The number of nitrogens with zero attached hydrogens (tertiary/aromatic N) is 1. The Balaban J connectivity index is 1.96. The average Bonchev–Trinajstić information content (AvgIpc) is 2.58. The Hall–Kier alpha value is -1.44. The molecule has 130 valence electrons. The van der Waals surface area contributed by atoms with E-state index >= 15 is 0 Å². The molecule has 0 bridgehead atoms. The molecule has 2 aromatic rings. The van der Waals surface area contributed by atoms with Crippen LogP contribution in [0.2, 0.25) is 0 Å². The third-order valence-electron chi connectivity index (χ3n) is 3.56. The summed E-state index contributed by atoms with van der Waals surface area (Å²) in [6.45, 7) is 5.09. The van der Waals surface area contributed by atoms with E-state index in [0.29, 0.717) is 24.3 Å². The van der Waals surface area contributed by atoms with Crippen molar-refractivity contribution in [3.8, 4) is 5.75 Å². The molecular formula is C17H23N3O2S2. The Morgan fingerprint density at radius 1 is 1.25 bits per heavy atom. The van der Waals surface area contributed by atoms with E-state index in [1.807, 2.05) is 26.0 Å². The number of hydrogen-bond acceptors (Lipinski definition) is 6. The molecule has 4 N–H and O–H groups in total. The zero-order chi connectivity index (χ0) is 17.5. The Kier molecular flexibility index (Phi) is 7.20. The number of fused-ring (bicyclic) bond motifs is 1. The molecule has 1 amide bonds. The molecule has 5 nitrogen and oxygen atoms in total. The molecule has 0 saturated carbocycles. The number of carbonyl (C=O) groups excluding carboxylic acids is 1. The number of pyridine rings is 1. The Labute approximate surface area is 150 Å². The number of amides is 1. The lowest BCUT2D eigenvalue weighted by Crippen LogP contribution is -2.25. The number of benzene rings is 1. The molecule has 24 heavy (non-hydrogen) atoms. The van der Waals surface area contributed by atoms with Crippen LogP contribution in [0.15, 0.2) is 18.2 Å². The lowest BCUT2D eigenvalue weighted by atomic mass is 10.0. The lowest BCUT2D eigenvalue weighted by molar-refractivity contribution is 0.0949. The fourth-order valence-electron chi connectivity index (χ4n) is 2.33. The van der Waals surface area contributed by atoms with E-state index in [4.69, 9.17) is 5.73 Å². The van der Waals surface area contributed by atoms with Crippen LogP contribution in [-0.2, 0) is 0 Å². The number of aromatic hydroxyl groups is 1. The van der Waals surface area contributed by atoms with Gasteiger partial charge in [-0.2, -0.15) is 0 Å². The van der Waals surface area contributed by atoms with Crippen LogP contribution in [0, 0.1) is 13.8 Å². The lowest BCUT2D eigenvalue weighted by Gasteiger charge is -2.09. The monoisotopic (exact) mass is 365 g/mol. The molecule has 2 rings (SSSR count). The number of carbonyl (C=O) groups is 1. The summed E-state index contributed by atoms with van der Waals surface area (Å²) in [7, 11) is 3.52. The molecule has 1 aromatic carbocycles. The van der Waals surface area contributed by atoms with Crippen molar-refractivity contribution in [2.24, 2.45) is 5.73 Å². The Morgan fingerprint density at radius 2 is 2.00 bits per heavy atom. The summed E-state index contributed by atoms with van der Waals surface area (Å²) in [5.41, 5.74) is 8.03. The second kappa shape index (κ2) is 9.15. The molecule has 0 aliphatic carbocycles. The molecule has 0 radical (unpaired) electrons. The summed E-state index contributed by atoms with van der Waals surface area (Å²) in [4.78, 5) is 16.6. The first kappa shape index (κ1) is 18.9. The van der Waals surface area contributed by atoms with Crippen LogP contribution in [-0.4, -0.2) is 40.6 Å². The molecule has 0 atom stereocenters. The van der Waals surface area contributed by atoms with E-state index in [-0.39, 0.29) is 11.7 Å². The summed E-state index contributed by atoms with van der Waals surface area (Å²) in [5.74, 6) is 1.84. The predicted molar refractivity (Wildman–Crippen MR) is 104 cm³/mol. The second-order valence-electron chi connectivity index (χ2n) is 5.49. The van der Waals surface area contributed by atoms with Gasteiger partial charge in [-0.25, -0.2) is 4.98 Å². The molecular weight excluding hydrogens is 342 g/mol. The molecule has 1 heterocycles. The highest BCUT2D eigenvalue weighted by Crippen LogP contribution is 2.29. The normalized spacial score (nSPS) is 11.0. The highest BCUT2D eigenvalue weighted by atomic mass is 33.1. The first-order valence-electron chi connectivity index (χ1n) is 7.87. The maximum atomic E-state index is 12.2. The third kappa shape index (κ3) is 4.78. The summed E-state index contributed by atoms with van der Waals surface area (Å²) < 4.78 is 0. The van der Waals surface area contributed by atoms with E-state index in [0.717, 1.165) is 34.4 Å². The maximum absolute atomic E-state index is 12.2. The Bertz CT molecular complexity index is 723. The maximum Gasteiger partial charge on any atom is 0.269 e. The van der Waals surface area contributed by atoms with Crippen molar-refractivity contribution in [1.29, 1.82) is 0 Å². The largest absolute Gasteiger partial charge is 0.505 e. The number of rotatable bonds is 8. The smallest absolute Gasteiger partial charge is 0.269 e. The van der Waals surface area contributed by atoms with Crippen molar-refractivity contribution >= 4 is 38.4 Å². The molecule has 1 aromatic heterocycles. The summed E-state index contributed by atoms with van der Waals surface area (Å²) >= 11 is 0. The number of nitrogens with two attached hydrogens (primary N) is 1. The number of aromatic nitrogens is 1. The Morgan fingerprint density at radius 3 is 2.75 bits per heavy atom. The van der Waals surface area contributed by atoms with Crippen molar-refractivity contribution in [2.45, 2.75) is 20.3 Å². The summed E-state index contributed by atoms with van der Waals surface area (Å²) in [5, 5.41) is 13.9. The zero-order valence-electron chi connectivity index (χ0n) is 14.0. The van der Waals surface area contributed by atoms with Crippen molar-refractivity contribution in [2.75, 3.05) is 24.6 Å². The van der Waals surface area contributed by atoms with Crippen LogP contribution in [0.4, 0.5) is 0 Å². The fraction of sp³-hybridized carbons (Fsp3) is 0.412. The highest BCUT2D eigenvalue weighted by Gasteiger charge is 2.12. The summed E-state index contributed by atoms with van der Waals surface area (Å²) in [6.07, 6.45) is 0.894. The van der Waals surface area contributed by atoms with E-state index < -0.39 is 0 Å². The van der Waals surface area contributed by atoms with Crippen LogP contribution < -0.4 is 11.1 Å².